The van der Waals surface area contributed by atoms with E-state index in [-0.39, 0.29) is 6.07 Å². The molecule has 0 heterocycles. The van der Waals surface area contributed by atoms with Gasteiger partial charge in [0.25, 0.3) is 5.91 Å². The van der Waals surface area contributed by atoms with E-state index in [1.54, 1.807) is 0 Å². The fourth-order valence-electron chi connectivity index (χ4n) is 0.943. The van der Waals surface area contributed by atoms with Gasteiger partial charge in [-0.25, -0.2) is 4.39 Å². The van der Waals surface area contributed by atoms with Crippen LogP contribution in [0.3, 0.4) is 0 Å². The maximum Gasteiger partial charge on any atom is 0.416 e. The number of amides is 1. The van der Waals surface area contributed by atoms with Gasteiger partial charge in [-0.3, -0.25) is 4.79 Å². The number of nitrogens with two attached hydrogens (primary N) is 1. The molecule has 0 unspecified atom stereocenters. The van der Waals surface area contributed by atoms with Gasteiger partial charge in [-0.05, 0) is 18.2 Å². The zero-order valence-electron chi connectivity index (χ0n) is 7.84. The smallest absolute Gasteiger partial charge is 0.416 e. The standard InChI is InChI=1S/C9H7F4NO2/c10-6-3-5(9(11,12)13)1-2-7(6)16-4-8(14)15/h1-3H,4H2,(H2,14,15). The van der Waals surface area contributed by atoms with Gasteiger partial charge in [-0.15, -0.1) is 0 Å². The second-order valence-electron chi connectivity index (χ2n) is 2.90. The topological polar surface area (TPSA) is 52.3 Å². The van der Waals surface area contributed by atoms with Gasteiger partial charge < -0.3 is 10.5 Å². The highest BCUT2D eigenvalue weighted by Gasteiger charge is 2.31. The first kappa shape index (κ1) is 12.3. The Morgan fingerprint density at radius 1 is 1.38 bits per heavy atom. The number of carbonyl (C=O) groups is 1. The Morgan fingerprint density at radius 2 is 2.00 bits per heavy atom. The van der Waals surface area contributed by atoms with Gasteiger partial charge in [-0.2, -0.15) is 13.2 Å². The summed E-state index contributed by atoms with van der Waals surface area (Å²) in [6.07, 6.45) is -4.62. The Kier molecular flexibility index (Phi) is 3.36. The lowest BCUT2D eigenvalue weighted by molar-refractivity contribution is -0.137. The fraction of sp³-hybridized carbons (Fsp3) is 0.222. The first-order valence-electron chi connectivity index (χ1n) is 4.08. The summed E-state index contributed by atoms with van der Waals surface area (Å²) in [7, 11) is 0. The summed E-state index contributed by atoms with van der Waals surface area (Å²) in [5.74, 6) is -2.50. The van der Waals surface area contributed by atoms with Gasteiger partial charge >= 0.3 is 6.18 Å². The number of rotatable bonds is 3. The highest BCUT2D eigenvalue weighted by atomic mass is 19.4. The third kappa shape index (κ3) is 3.11. The zero-order valence-corrected chi connectivity index (χ0v) is 7.84. The van der Waals surface area contributed by atoms with Crippen LogP contribution in [0.2, 0.25) is 0 Å². The highest BCUT2D eigenvalue weighted by molar-refractivity contribution is 5.75. The number of primary amides is 1. The van der Waals surface area contributed by atoms with Crippen LogP contribution < -0.4 is 10.5 Å². The summed E-state index contributed by atoms with van der Waals surface area (Å²) in [4.78, 5) is 10.3. The predicted octanol–water partition coefficient (Wildman–Crippen LogP) is 1.71. The Labute approximate surface area is 87.8 Å². The molecule has 0 aliphatic rings. The number of alkyl halides is 3. The van der Waals surface area contributed by atoms with E-state index in [0.717, 1.165) is 6.07 Å². The van der Waals surface area contributed by atoms with Crippen LogP contribution in [0.1, 0.15) is 5.56 Å². The molecule has 7 heteroatoms. The maximum atomic E-state index is 13.1. The average Bonchev–Trinajstić information content (AvgIpc) is 2.14. The fourth-order valence-corrected chi connectivity index (χ4v) is 0.943. The first-order chi connectivity index (χ1) is 7.30. The molecule has 0 spiro atoms. The molecule has 0 aliphatic carbocycles. The molecule has 0 radical (unpaired) electrons. The third-order valence-electron chi connectivity index (χ3n) is 1.63. The molecular weight excluding hydrogens is 230 g/mol. The summed E-state index contributed by atoms with van der Waals surface area (Å²) in [6, 6.07) is 1.73. The van der Waals surface area contributed by atoms with Crippen LogP contribution in [0.15, 0.2) is 18.2 Å². The number of carbonyl (C=O) groups excluding carboxylic acids is 1. The molecule has 0 atom stereocenters. The Bertz CT molecular complexity index is 403. The van der Waals surface area contributed by atoms with E-state index < -0.39 is 35.8 Å². The number of benzene rings is 1. The molecule has 1 aromatic carbocycles. The van der Waals surface area contributed by atoms with Crippen molar-refractivity contribution in [3.63, 3.8) is 0 Å². The second-order valence-corrected chi connectivity index (χ2v) is 2.90. The number of hydrogen-bond donors (Lipinski definition) is 1. The largest absolute Gasteiger partial charge is 0.481 e. The van der Waals surface area contributed by atoms with Crippen LogP contribution in [0.5, 0.6) is 5.75 Å². The van der Waals surface area contributed by atoms with Crippen LogP contribution in [-0.4, -0.2) is 12.5 Å². The van der Waals surface area contributed by atoms with Crippen molar-refractivity contribution < 1.29 is 27.1 Å². The predicted molar refractivity (Wildman–Crippen MR) is 46.1 cm³/mol. The van der Waals surface area contributed by atoms with E-state index in [9.17, 15) is 22.4 Å². The molecule has 0 saturated heterocycles. The van der Waals surface area contributed by atoms with Crippen molar-refractivity contribution >= 4 is 5.91 Å². The van der Waals surface area contributed by atoms with Gasteiger partial charge in [0.05, 0.1) is 5.56 Å². The second kappa shape index (κ2) is 4.38. The molecule has 88 valence electrons. The van der Waals surface area contributed by atoms with E-state index in [0.29, 0.717) is 6.07 Å². The molecule has 1 aromatic rings. The average molecular weight is 237 g/mol. The molecule has 1 rings (SSSR count). The van der Waals surface area contributed by atoms with Crippen LogP contribution >= 0.6 is 0 Å². The minimum Gasteiger partial charge on any atom is -0.481 e. The first-order valence-corrected chi connectivity index (χ1v) is 4.08. The van der Waals surface area contributed by atoms with Gasteiger partial charge in [0.2, 0.25) is 0 Å². The summed E-state index contributed by atoms with van der Waals surface area (Å²) in [5, 5.41) is 0. The van der Waals surface area contributed by atoms with Gasteiger partial charge in [0.1, 0.15) is 0 Å². The van der Waals surface area contributed by atoms with Crippen molar-refractivity contribution in [2.75, 3.05) is 6.61 Å². The van der Waals surface area contributed by atoms with Crippen LogP contribution in [0.4, 0.5) is 17.6 Å². The minimum atomic E-state index is -4.62. The zero-order chi connectivity index (χ0) is 12.3. The van der Waals surface area contributed by atoms with Gasteiger partial charge in [-0.1, -0.05) is 0 Å². The van der Waals surface area contributed by atoms with Crippen molar-refractivity contribution in [1.82, 2.24) is 0 Å². The molecule has 2 N–H and O–H groups in total. The highest BCUT2D eigenvalue weighted by Crippen LogP contribution is 2.31. The van der Waals surface area contributed by atoms with E-state index in [1.807, 2.05) is 0 Å². The van der Waals surface area contributed by atoms with Crippen molar-refractivity contribution in [3.8, 4) is 5.75 Å². The lowest BCUT2D eigenvalue weighted by Gasteiger charge is -2.09. The molecular formula is C9H7F4NO2. The number of ether oxygens (including phenoxy) is 1. The number of halogens is 4. The molecule has 0 aromatic heterocycles. The van der Waals surface area contributed by atoms with E-state index in [2.05, 4.69) is 4.74 Å². The van der Waals surface area contributed by atoms with Crippen LogP contribution in [0.25, 0.3) is 0 Å². The third-order valence-corrected chi connectivity index (χ3v) is 1.63. The van der Waals surface area contributed by atoms with Crippen molar-refractivity contribution in [3.05, 3.63) is 29.6 Å². The SMILES string of the molecule is NC(=O)COc1ccc(C(F)(F)F)cc1F. The monoisotopic (exact) mass is 237 g/mol. The van der Waals surface area contributed by atoms with Crippen molar-refractivity contribution in [1.29, 1.82) is 0 Å². The van der Waals surface area contributed by atoms with Crippen molar-refractivity contribution in [2.45, 2.75) is 6.18 Å². The molecule has 1 amide bonds. The maximum absolute atomic E-state index is 13.1. The van der Waals surface area contributed by atoms with Crippen LogP contribution in [-0.2, 0) is 11.0 Å². The summed E-state index contributed by atoms with van der Waals surface area (Å²) < 4.78 is 54.0. The summed E-state index contributed by atoms with van der Waals surface area (Å²) >= 11 is 0. The van der Waals surface area contributed by atoms with Crippen LogP contribution in [0, 0.1) is 5.82 Å². The Hall–Kier alpha value is -1.79. The summed E-state index contributed by atoms with van der Waals surface area (Å²) in [5.41, 5.74) is 3.59. The molecule has 0 aliphatic heterocycles. The van der Waals surface area contributed by atoms with Crippen molar-refractivity contribution in [2.24, 2.45) is 5.73 Å². The van der Waals surface area contributed by atoms with Gasteiger partial charge in [0.15, 0.2) is 18.2 Å². The molecule has 0 fully saturated rings. The lowest BCUT2D eigenvalue weighted by Crippen LogP contribution is -2.20. The Morgan fingerprint density at radius 3 is 2.44 bits per heavy atom. The molecule has 0 bridgehead atoms. The van der Waals surface area contributed by atoms with E-state index >= 15 is 0 Å². The summed E-state index contributed by atoms with van der Waals surface area (Å²) in [6.45, 7) is -0.595. The molecule has 3 nitrogen and oxygen atoms in total. The quantitative estimate of drug-likeness (QED) is 0.813. The molecule has 0 saturated carbocycles. The molecule has 16 heavy (non-hydrogen) atoms. The Balaban J connectivity index is 2.88. The normalized spacial score (nSPS) is 11.2. The van der Waals surface area contributed by atoms with Gasteiger partial charge in [0, 0.05) is 0 Å². The minimum absolute atomic E-state index is 0.288. The lowest BCUT2D eigenvalue weighted by atomic mass is 10.2. The van der Waals surface area contributed by atoms with E-state index in [4.69, 9.17) is 5.73 Å². The number of hydrogen-bond acceptors (Lipinski definition) is 2. The van der Waals surface area contributed by atoms with E-state index in [1.165, 1.54) is 0 Å².